The smallest absolute Gasteiger partial charge is 0.0976 e. The lowest BCUT2D eigenvalue weighted by molar-refractivity contribution is 0.110. The number of hydrogen-bond donors (Lipinski definition) is 0. The summed E-state index contributed by atoms with van der Waals surface area (Å²) in [5.74, 6) is 0. The van der Waals surface area contributed by atoms with Crippen molar-refractivity contribution >= 4 is 0 Å². The maximum Gasteiger partial charge on any atom is 0.0976 e. The van der Waals surface area contributed by atoms with Gasteiger partial charge in [0, 0.05) is 26.2 Å². The summed E-state index contributed by atoms with van der Waals surface area (Å²) in [6.07, 6.45) is 2.18. The number of nitrogens with zero attached hydrogens (tertiary/aromatic N) is 4. The van der Waals surface area contributed by atoms with Crippen molar-refractivity contribution in [3.05, 3.63) is 0 Å². The molecular weight excluding hydrogens is 212 g/mol. The van der Waals surface area contributed by atoms with Gasteiger partial charge < -0.3 is 9.80 Å². The van der Waals surface area contributed by atoms with E-state index in [1.165, 1.54) is 13.0 Å². The Morgan fingerprint density at radius 2 is 1.88 bits per heavy atom. The molecule has 1 aliphatic rings. The molecule has 1 aliphatic heterocycles. The second kappa shape index (κ2) is 7.65. The van der Waals surface area contributed by atoms with E-state index in [0.717, 1.165) is 39.1 Å². The van der Waals surface area contributed by atoms with Gasteiger partial charge in [-0.3, -0.25) is 4.90 Å². The number of piperazine rings is 1. The zero-order valence-electron chi connectivity index (χ0n) is 11.5. The van der Waals surface area contributed by atoms with Crippen molar-refractivity contribution in [2.24, 2.45) is 0 Å². The summed E-state index contributed by atoms with van der Waals surface area (Å²) in [5.41, 5.74) is 0. The van der Waals surface area contributed by atoms with E-state index in [-0.39, 0.29) is 6.04 Å². The molecular formula is C13H26N4. The van der Waals surface area contributed by atoms with Gasteiger partial charge in [-0.2, -0.15) is 5.26 Å². The van der Waals surface area contributed by atoms with Gasteiger partial charge in [0.05, 0.1) is 12.1 Å². The zero-order chi connectivity index (χ0) is 12.7. The van der Waals surface area contributed by atoms with Crippen LogP contribution in [0.1, 0.15) is 19.8 Å². The first kappa shape index (κ1) is 14.4. The lowest BCUT2D eigenvalue weighted by Gasteiger charge is -2.36. The lowest BCUT2D eigenvalue weighted by Crippen LogP contribution is -2.50. The van der Waals surface area contributed by atoms with Gasteiger partial charge in [0.2, 0.25) is 0 Å². The van der Waals surface area contributed by atoms with E-state index >= 15 is 0 Å². The Kier molecular flexibility index (Phi) is 6.49. The van der Waals surface area contributed by atoms with Crippen LogP contribution < -0.4 is 0 Å². The van der Waals surface area contributed by atoms with Gasteiger partial charge in [-0.25, -0.2) is 0 Å². The summed E-state index contributed by atoms with van der Waals surface area (Å²) in [6, 6.07) is 2.52. The zero-order valence-corrected chi connectivity index (χ0v) is 11.5. The van der Waals surface area contributed by atoms with Crippen LogP contribution in [0.25, 0.3) is 0 Å². The molecule has 4 nitrogen and oxygen atoms in total. The normalized spacial score (nSPS) is 20.4. The third kappa shape index (κ3) is 5.03. The molecule has 1 atom stereocenters. The quantitative estimate of drug-likeness (QED) is 0.687. The summed E-state index contributed by atoms with van der Waals surface area (Å²) in [6.45, 7) is 8.78. The fourth-order valence-electron chi connectivity index (χ4n) is 2.34. The molecule has 0 bridgehead atoms. The van der Waals surface area contributed by atoms with E-state index in [4.69, 9.17) is 5.26 Å². The van der Waals surface area contributed by atoms with Gasteiger partial charge in [0.15, 0.2) is 0 Å². The molecule has 0 aliphatic carbocycles. The fraction of sp³-hybridized carbons (Fsp3) is 0.923. The van der Waals surface area contributed by atoms with Gasteiger partial charge in [0.25, 0.3) is 0 Å². The van der Waals surface area contributed by atoms with E-state index in [1.54, 1.807) is 0 Å². The van der Waals surface area contributed by atoms with Crippen LogP contribution >= 0.6 is 0 Å². The number of rotatable bonds is 6. The molecule has 0 aromatic carbocycles. The summed E-state index contributed by atoms with van der Waals surface area (Å²) >= 11 is 0. The predicted molar refractivity (Wildman–Crippen MR) is 70.9 cm³/mol. The second-order valence-electron chi connectivity index (χ2n) is 5.09. The summed E-state index contributed by atoms with van der Waals surface area (Å²) in [4.78, 5) is 7.07. The molecule has 1 unspecified atom stereocenters. The molecule has 0 spiro atoms. The molecule has 1 fully saturated rings. The Bertz CT molecular complexity index is 238. The van der Waals surface area contributed by atoms with Gasteiger partial charge in [-0.15, -0.1) is 0 Å². The molecule has 0 aromatic heterocycles. The molecule has 1 heterocycles. The van der Waals surface area contributed by atoms with Gasteiger partial charge in [0.1, 0.15) is 0 Å². The van der Waals surface area contributed by atoms with Crippen molar-refractivity contribution in [3.63, 3.8) is 0 Å². The first-order chi connectivity index (χ1) is 8.17. The Balaban J connectivity index is 2.19. The Morgan fingerprint density at radius 1 is 1.24 bits per heavy atom. The first-order valence-electron chi connectivity index (χ1n) is 6.68. The van der Waals surface area contributed by atoms with Crippen LogP contribution in [0.3, 0.4) is 0 Å². The monoisotopic (exact) mass is 238 g/mol. The lowest BCUT2D eigenvalue weighted by atomic mass is 10.2. The molecule has 1 saturated heterocycles. The first-order valence-corrected chi connectivity index (χ1v) is 6.68. The highest BCUT2D eigenvalue weighted by atomic mass is 15.3. The van der Waals surface area contributed by atoms with Gasteiger partial charge >= 0.3 is 0 Å². The third-order valence-corrected chi connectivity index (χ3v) is 3.46. The van der Waals surface area contributed by atoms with Gasteiger partial charge in [-0.1, -0.05) is 6.92 Å². The highest BCUT2D eigenvalue weighted by molar-refractivity contribution is 4.92. The molecule has 0 N–H and O–H groups in total. The average molecular weight is 238 g/mol. The minimum absolute atomic E-state index is 0.124. The minimum atomic E-state index is 0.124. The van der Waals surface area contributed by atoms with Crippen LogP contribution in [-0.2, 0) is 0 Å². The van der Waals surface area contributed by atoms with E-state index < -0.39 is 0 Å². The molecule has 0 saturated carbocycles. The SMILES string of the molecule is CCC(C#N)N1CCN(CCCN(C)C)CC1. The maximum atomic E-state index is 9.04. The van der Waals surface area contributed by atoms with Crippen LogP contribution in [0.4, 0.5) is 0 Å². The molecule has 0 aromatic rings. The summed E-state index contributed by atoms with van der Waals surface area (Å²) in [7, 11) is 4.24. The second-order valence-corrected chi connectivity index (χ2v) is 5.09. The molecule has 0 amide bonds. The van der Waals surface area contributed by atoms with Crippen LogP contribution in [0, 0.1) is 11.3 Å². The fourth-order valence-corrected chi connectivity index (χ4v) is 2.34. The average Bonchev–Trinajstić information content (AvgIpc) is 2.32. The topological polar surface area (TPSA) is 33.5 Å². The summed E-state index contributed by atoms with van der Waals surface area (Å²) in [5, 5.41) is 9.04. The minimum Gasteiger partial charge on any atom is -0.309 e. The van der Waals surface area contributed by atoms with Crippen LogP contribution in [0.5, 0.6) is 0 Å². The molecule has 98 valence electrons. The van der Waals surface area contributed by atoms with E-state index in [9.17, 15) is 0 Å². The number of hydrogen-bond acceptors (Lipinski definition) is 4. The highest BCUT2D eigenvalue weighted by Crippen LogP contribution is 2.08. The maximum absolute atomic E-state index is 9.04. The van der Waals surface area contributed by atoms with Crippen LogP contribution in [-0.4, -0.2) is 74.1 Å². The largest absolute Gasteiger partial charge is 0.309 e. The predicted octanol–water partition coefficient (Wildman–Crippen LogP) is 0.858. The van der Waals surface area contributed by atoms with Crippen molar-refractivity contribution in [3.8, 4) is 6.07 Å². The Hall–Kier alpha value is -0.630. The molecule has 4 heteroatoms. The summed E-state index contributed by atoms with van der Waals surface area (Å²) < 4.78 is 0. The van der Waals surface area contributed by atoms with E-state index in [1.807, 2.05) is 0 Å². The van der Waals surface area contributed by atoms with Gasteiger partial charge in [-0.05, 0) is 40.0 Å². The Labute approximate surface area is 106 Å². The van der Waals surface area contributed by atoms with Crippen molar-refractivity contribution in [2.45, 2.75) is 25.8 Å². The van der Waals surface area contributed by atoms with Crippen molar-refractivity contribution in [1.82, 2.24) is 14.7 Å². The molecule has 0 radical (unpaired) electrons. The van der Waals surface area contributed by atoms with Crippen molar-refractivity contribution in [1.29, 1.82) is 5.26 Å². The molecule has 1 rings (SSSR count). The van der Waals surface area contributed by atoms with Crippen LogP contribution in [0.15, 0.2) is 0 Å². The van der Waals surface area contributed by atoms with Crippen molar-refractivity contribution < 1.29 is 0 Å². The third-order valence-electron chi connectivity index (χ3n) is 3.46. The number of nitriles is 1. The highest BCUT2D eigenvalue weighted by Gasteiger charge is 2.21. The standard InChI is InChI=1S/C13H26N4/c1-4-13(12-14)17-10-8-16(9-11-17)7-5-6-15(2)3/h13H,4-11H2,1-3H3. The van der Waals surface area contributed by atoms with E-state index in [0.29, 0.717) is 0 Å². The molecule has 17 heavy (non-hydrogen) atoms. The Morgan fingerprint density at radius 3 is 2.35 bits per heavy atom. The van der Waals surface area contributed by atoms with Crippen molar-refractivity contribution in [2.75, 3.05) is 53.4 Å². The van der Waals surface area contributed by atoms with Crippen LogP contribution in [0.2, 0.25) is 0 Å². The van der Waals surface area contributed by atoms with E-state index in [2.05, 4.69) is 41.8 Å².